The molecule has 4 rings (SSSR count). The summed E-state index contributed by atoms with van der Waals surface area (Å²) in [6.45, 7) is 2.45. The van der Waals surface area contributed by atoms with Crippen molar-refractivity contribution in [3.63, 3.8) is 0 Å². The van der Waals surface area contributed by atoms with Gasteiger partial charge in [-0.05, 0) is 48.4 Å². The van der Waals surface area contributed by atoms with Crippen molar-refractivity contribution >= 4 is 22.2 Å². The van der Waals surface area contributed by atoms with Gasteiger partial charge in [-0.1, -0.05) is 13.0 Å². The lowest BCUT2D eigenvalue weighted by molar-refractivity contribution is -0.115. The second kappa shape index (κ2) is 6.41. The number of fused-ring (bicyclic) bond motifs is 2. The SMILES string of the molecule is C[C@H]1CCc2c(sc(NC(=O)Cc3ccc4c(c3)OCO4)c2C#N)C1. The number of amides is 1. The van der Waals surface area contributed by atoms with Gasteiger partial charge < -0.3 is 14.8 Å². The van der Waals surface area contributed by atoms with Crippen molar-refractivity contribution in [2.45, 2.75) is 32.6 Å². The van der Waals surface area contributed by atoms with Crippen LogP contribution in [0, 0.1) is 17.2 Å². The smallest absolute Gasteiger partial charge is 0.231 e. The van der Waals surface area contributed by atoms with Crippen LogP contribution >= 0.6 is 11.3 Å². The van der Waals surface area contributed by atoms with Crippen molar-refractivity contribution in [3.8, 4) is 17.6 Å². The molecule has 2 aromatic rings. The van der Waals surface area contributed by atoms with Gasteiger partial charge in [0.15, 0.2) is 11.5 Å². The van der Waals surface area contributed by atoms with Gasteiger partial charge in [0, 0.05) is 4.88 Å². The Kier molecular flexibility index (Phi) is 4.10. The summed E-state index contributed by atoms with van der Waals surface area (Å²) in [4.78, 5) is 13.7. The van der Waals surface area contributed by atoms with Crippen molar-refractivity contribution < 1.29 is 14.3 Å². The molecule has 0 saturated carbocycles. The molecule has 1 aromatic heterocycles. The highest BCUT2D eigenvalue weighted by Crippen LogP contribution is 2.39. The summed E-state index contributed by atoms with van der Waals surface area (Å²) in [7, 11) is 0. The number of ether oxygens (including phenoxy) is 2. The monoisotopic (exact) mass is 354 g/mol. The van der Waals surface area contributed by atoms with Crippen LogP contribution < -0.4 is 14.8 Å². The topological polar surface area (TPSA) is 71.3 Å². The van der Waals surface area contributed by atoms with Crippen LogP contribution in [-0.2, 0) is 24.1 Å². The first-order chi connectivity index (χ1) is 12.1. The van der Waals surface area contributed by atoms with E-state index in [4.69, 9.17) is 9.47 Å². The predicted octanol–water partition coefficient (Wildman–Crippen LogP) is 3.65. The first kappa shape index (κ1) is 16.0. The summed E-state index contributed by atoms with van der Waals surface area (Å²) in [6.07, 6.45) is 3.25. The van der Waals surface area contributed by atoms with E-state index in [1.54, 1.807) is 11.3 Å². The normalized spacial score (nSPS) is 17.7. The van der Waals surface area contributed by atoms with E-state index in [0.29, 0.717) is 28.0 Å². The lowest BCUT2D eigenvalue weighted by Crippen LogP contribution is -2.14. The average molecular weight is 354 g/mol. The van der Waals surface area contributed by atoms with E-state index < -0.39 is 0 Å². The molecule has 1 amide bonds. The Morgan fingerprint density at radius 3 is 3.08 bits per heavy atom. The number of nitrogens with zero attached hydrogens (tertiary/aromatic N) is 1. The maximum Gasteiger partial charge on any atom is 0.231 e. The van der Waals surface area contributed by atoms with Crippen molar-refractivity contribution in [3.05, 3.63) is 39.8 Å². The van der Waals surface area contributed by atoms with Crippen LogP contribution in [0.3, 0.4) is 0 Å². The van der Waals surface area contributed by atoms with E-state index >= 15 is 0 Å². The molecule has 128 valence electrons. The third kappa shape index (κ3) is 3.08. The first-order valence-corrected chi connectivity index (χ1v) is 9.18. The van der Waals surface area contributed by atoms with Gasteiger partial charge in [0.2, 0.25) is 12.7 Å². The number of hydrogen-bond donors (Lipinski definition) is 1. The third-order valence-corrected chi connectivity index (χ3v) is 5.85. The molecule has 0 saturated heterocycles. The quantitative estimate of drug-likeness (QED) is 0.913. The highest BCUT2D eigenvalue weighted by molar-refractivity contribution is 7.16. The molecule has 1 aliphatic carbocycles. The molecule has 0 radical (unpaired) electrons. The zero-order valence-corrected chi connectivity index (χ0v) is 14.7. The lowest BCUT2D eigenvalue weighted by Gasteiger charge is -2.17. The largest absolute Gasteiger partial charge is 0.454 e. The molecule has 2 heterocycles. The Bertz CT molecular complexity index is 882. The highest BCUT2D eigenvalue weighted by Gasteiger charge is 2.24. The second-order valence-corrected chi connectivity index (χ2v) is 7.69. The van der Waals surface area contributed by atoms with Gasteiger partial charge >= 0.3 is 0 Å². The molecule has 5 nitrogen and oxygen atoms in total. The number of hydrogen-bond acceptors (Lipinski definition) is 5. The number of carbonyl (C=O) groups excluding carboxylic acids is 1. The summed E-state index contributed by atoms with van der Waals surface area (Å²) in [6, 6.07) is 7.79. The Morgan fingerprint density at radius 1 is 1.40 bits per heavy atom. The standard InChI is InChI=1S/C19H18N2O3S/c1-11-2-4-13-14(9-20)19(25-17(13)6-11)21-18(22)8-12-3-5-15-16(7-12)24-10-23-15/h3,5,7,11H,2,4,6,8,10H2,1H3,(H,21,22)/t11-/m0/s1. The number of carbonyl (C=O) groups is 1. The average Bonchev–Trinajstić information content (AvgIpc) is 3.17. The molecule has 25 heavy (non-hydrogen) atoms. The first-order valence-electron chi connectivity index (χ1n) is 8.37. The van der Waals surface area contributed by atoms with Crippen LogP contribution in [0.15, 0.2) is 18.2 Å². The van der Waals surface area contributed by atoms with Gasteiger partial charge in [0.05, 0.1) is 12.0 Å². The number of nitriles is 1. The van der Waals surface area contributed by atoms with E-state index in [2.05, 4.69) is 18.3 Å². The van der Waals surface area contributed by atoms with Crippen LogP contribution in [0.2, 0.25) is 0 Å². The van der Waals surface area contributed by atoms with E-state index in [0.717, 1.165) is 30.4 Å². The summed E-state index contributed by atoms with van der Waals surface area (Å²) in [5, 5.41) is 13.1. The molecule has 0 spiro atoms. The van der Waals surface area contributed by atoms with Crippen LogP contribution in [-0.4, -0.2) is 12.7 Å². The van der Waals surface area contributed by atoms with Crippen LogP contribution in [0.1, 0.15) is 34.9 Å². The zero-order valence-electron chi connectivity index (χ0n) is 13.9. The maximum atomic E-state index is 12.4. The predicted molar refractivity (Wildman–Crippen MR) is 95.1 cm³/mol. The number of nitrogens with one attached hydrogen (secondary N) is 1. The Hall–Kier alpha value is -2.52. The number of benzene rings is 1. The summed E-state index contributed by atoms with van der Waals surface area (Å²) in [5.74, 6) is 1.89. The molecule has 1 aliphatic heterocycles. The van der Waals surface area contributed by atoms with E-state index in [9.17, 15) is 10.1 Å². The van der Waals surface area contributed by atoms with E-state index in [1.807, 2.05) is 18.2 Å². The van der Waals surface area contributed by atoms with Crippen molar-refractivity contribution in [2.75, 3.05) is 12.1 Å². The Morgan fingerprint density at radius 2 is 2.24 bits per heavy atom. The van der Waals surface area contributed by atoms with Gasteiger partial charge in [-0.25, -0.2) is 0 Å². The second-order valence-electron chi connectivity index (χ2n) is 6.58. The molecular weight excluding hydrogens is 336 g/mol. The third-order valence-electron chi connectivity index (χ3n) is 4.68. The molecule has 1 atom stereocenters. The molecule has 0 bridgehead atoms. The van der Waals surface area contributed by atoms with Crippen molar-refractivity contribution in [1.82, 2.24) is 0 Å². The fourth-order valence-corrected chi connectivity index (χ4v) is 4.74. The summed E-state index contributed by atoms with van der Waals surface area (Å²) in [5.41, 5.74) is 2.63. The minimum absolute atomic E-state index is 0.123. The summed E-state index contributed by atoms with van der Waals surface area (Å²) >= 11 is 1.55. The van der Waals surface area contributed by atoms with E-state index in [-0.39, 0.29) is 19.1 Å². The van der Waals surface area contributed by atoms with Crippen LogP contribution in [0.4, 0.5) is 5.00 Å². The van der Waals surface area contributed by atoms with Gasteiger partial charge in [0.25, 0.3) is 0 Å². The minimum atomic E-state index is -0.123. The fraction of sp³-hybridized carbons (Fsp3) is 0.368. The minimum Gasteiger partial charge on any atom is -0.454 e. The molecule has 6 heteroatoms. The van der Waals surface area contributed by atoms with Gasteiger partial charge in [-0.15, -0.1) is 11.3 Å². The summed E-state index contributed by atoms with van der Waals surface area (Å²) < 4.78 is 10.6. The molecule has 1 aromatic carbocycles. The maximum absolute atomic E-state index is 12.4. The van der Waals surface area contributed by atoms with Crippen LogP contribution in [0.5, 0.6) is 11.5 Å². The molecular formula is C19H18N2O3S. The lowest BCUT2D eigenvalue weighted by atomic mass is 9.88. The fourth-order valence-electron chi connectivity index (χ4n) is 3.36. The molecule has 2 aliphatic rings. The number of anilines is 1. The number of rotatable bonds is 3. The highest BCUT2D eigenvalue weighted by atomic mass is 32.1. The molecule has 1 N–H and O–H groups in total. The van der Waals surface area contributed by atoms with Crippen molar-refractivity contribution in [1.29, 1.82) is 5.26 Å². The van der Waals surface area contributed by atoms with Gasteiger partial charge in [0.1, 0.15) is 11.1 Å². The zero-order chi connectivity index (χ0) is 17.4. The van der Waals surface area contributed by atoms with Gasteiger partial charge in [-0.3, -0.25) is 4.79 Å². The molecule has 0 fully saturated rings. The van der Waals surface area contributed by atoms with E-state index in [1.165, 1.54) is 4.88 Å². The Labute approximate surface area is 150 Å². The van der Waals surface area contributed by atoms with Gasteiger partial charge in [-0.2, -0.15) is 5.26 Å². The van der Waals surface area contributed by atoms with Crippen molar-refractivity contribution in [2.24, 2.45) is 5.92 Å². The van der Waals surface area contributed by atoms with Crippen LogP contribution in [0.25, 0.3) is 0 Å². The Balaban J connectivity index is 1.50. The molecule has 0 unspecified atom stereocenters. The number of thiophene rings is 1.